The highest BCUT2D eigenvalue weighted by molar-refractivity contribution is 5.98. The smallest absolute Gasteiger partial charge is 0.354 e. The largest absolute Gasteiger partial charge is 0.477 e. The van der Waals surface area contributed by atoms with E-state index in [0.717, 1.165) is 54.8 Å². The Morgan fingerprint density at radius 1 is 1.21 bits per heavy atom. The quantitative estimate of drug-likeness (QED) is 0.714. The molecule has 150 valence electrons. The van der Waals surface area contributed by atoms with Crippen molar-refractivity contribution < 1.29 is 14.6 Å². The molecule has 1 aliphatic carbocycles. The number of pyridine rings is 1. The molecule has 1 aromatic carbocycles. The molecule has 7 heteroatoms. The lowest BCUT2D eigenvalue weighted by molar-refractivity contribution is 0.0691. The van der Waals surface area contributed by atoms with Gasteiger partial charge in [0.2, 0.25) is 0 Å². The highest BCUT2D eigenvalue weighted by atomic mass is 16.5. The fourth-order valence-electron chi connectivity index (χ4n) is 4.34. The predicted octanol–water partition coefficient (Wildman–Crippen LogP) is 3.61. The lowest BCUT2D eigenvalue weighted by Crippen LogP contribution is -2.23. The second-order valence-corrected chi connectivity index (χ2v) is 7.88. The van der Waals surface area contributed by atoms with Crippen molar-refractivity contribution in [1.82, 2.24) is 14.8 Å². The van der Waals surface area contributed by atoms with Gasteiger partial charge < -0.3 is 14.7 Å². The predicted molar refractivity (Wildman–Crippen MR) is 110 cm³/mol. The van der Waals surface area contributed by atoms with Crippen LogP contribution in [0.5, 0.6) is 0 Å². The van der Waals surface area contributed by atoms with Gasteiger partial charge in [-0.3, -0.25) is 0 Å². The van der Waals surface area contributed by atoms with Gasteiger partial charge in [0.25, 0.3) is 0 Å². The molecule has 2 aromatic heterocycles. The standard InChI is InChI=1S/C22H24N4O3/c1-29-16-10-11-25(13-16)18-12-17(22(27)28)23-21-19(18)20(14-6-5-7-14)24-26(21)15-8-3-2-4-9-15/h2-4,8-9,12,14,16H,5-7,10-11,13H2,1H3,(H,27,28)/t16-/m1/s1. The lowest BCUT2D eigenvalue weighted by atomic mass is 9.82. The van der Waals surface area contributed by atoms with Gasteiger partial charge in [-0.1, -0.05) is 24.6 Å². The Morgan fingerprint density at radius 2 is 2.00 bits per heavy atom. The zero-order valence-corrected chi connectivity index (χ0v) is 16.4. The number of carboxylic acid groups (broad SMARTS) is 1. The molecular weight excluding hydrogens is 368 g/mol. The Morgan fingerprint density at radius 3 is 2.62 bits per heavy atom. The molecule has 7 nitrogen and oxygen atoms in total. The SMILES string of the molecule is CO[C@@H]1CCN(c2cc(C(=O)O)nc3c2c(C2CCC2)nn3-c2ccccc2)C1. The van der Waals surface area contributed by atoms with Crippen LogP contribution in [0.15, 0.2) is 36.4 Å². The fraction of sp³-hybridized carbons (Fsp3) is 0.409. The fourth-order valence-corrected chi connectivity index (χ4v) is 4.34. The maximum atomic E-state index is 11.9. The third-order valence-electron chi connectivity index (χ3n) is 6.17. The summed E-state index contributed by atoms with van der Waals surface area (Å²) in [5.74, 6) is -0.624. The number of carbonyl (C=O) groups is 1. The van der Waals surface area contributed by atoms with E-state index in [2.05, 4.69) is 9.88 Å². The summed E-state index contributed by atoms with van der Waals surface area (Å²) < 4.78 is 7.35. The van der Waals surface area contributed by atoms with Gasteiger partial charge in [0.05, 0.1) is 28.6 Å². The van der Waals surface area contributed by atoms with Crippen LogP contribution in [0.25, 0.3) is 16.7 Å². The van der Waals surface area contributed by atoms with Crippen LogP contribution in [0.4, 0.5) is 5.69 Å². The molecule has 29 heavy (non-hydrogen) atoms. The molecule has 1 saturated carbocycles. The molecular formula is C22H24N4O3. The number of hydrogen-bond acceptors (Lipinski definition) is 5. The van der Waals surface area contributed by atoms with Crippen molar-refractivity contribution in [3.05, 3.63) is 47.8 Å². The van der Waals surface area contributed by atoms with Crippen LogP contribution in [0.2, 0.25) is 0 Å². The van der Waals surface area contributed by atoms with Crippen molar-refractivity contribution in [2.24, 2.45) is 0 Å². The zero-order chi connectivity index (χ0) is 20.0. The number of para-hydroxylation sites is 1. The molecule has 1 N–H and O–H groups in total. The minimum atomic E-state index is -1.03. The lowest BCUT2D eigenvalue weighted by Gasteiger charge is -2.26. The summed E-state index contributed by atoms with van der Waals surface area (Å²) in [4.78, 5) is 18.6. The second kappa shape index (κ2) is 7.15. The molecule has 0 radical (unpaired) electrons. The monoisotopic (exact) mass is 392 g/mol. The van der Waals surface area contributed by atoms with Crippen LogP contribution in [-0.2, 0) is 4.74 Å². The second-order valence-electron chi connectivity index (χ2n) is 7.88. The molecule has 1 saturated heterocycles. The first-order valence-corrected chi connectivity index (χ1v) is 10.2. The molecule has 0 amide bonds. The third-order valence-corrected chi connectivity index (χ3v) is 6.17. The van der Waals surface area contributed by atoms with Crippen LogP contribution in [0, 0.1) is 0 Å². The zero-order valence-electron chi connectivity index (χ0n) is 16.4. The number of aromatic nitrogens is 3. The van der Waals surface area contributed by atoms with Gasteiger partial charge in [-0.2, -0.15) is 5.10 Å². The summed E-state index contributed by atoms with van der Waals surface area (Å²) in [6.07, 6.45) is 4.51. The van der Waals surface area contributed by atoms with E-state index in [1.807, 2.05) is 35.0 Å². The summed E-state index contributed by atoms with van der Waals surface area (Å²) in [7, 11) is 1.73. The molecule has 3 heterocycles. The first kappa shape index (κ1) is 18.1. The van der Waals surface area contributed by atoms with Gasteiger partial charge in [0, 0.05) is 26.1 Å². The van der Waals surface area contributed by atoms with Gasteiger partial charge >= 0.3 is 5.97 Å². The van der Waals surface area contributed by atoms with E-state index in [0.29, 0.717) is 11.6 Å². The van der Waals surface area contributed by atoms with Crippen molar-refractivity contribution >= 4 is 22.7 Å². The Bertz CT molecular complexity index is 1060. The number of anilines is 1. The summed E-state index contributed by atoms with van der Waals surface area (Å²) in [6, 6.07) is 11.5. The Hall–Kier alpha value is -2.93. The molecule has 1 atom stereocenters. The van der Waals surface area contributed by atoms with E-state index in [4.69, 9.17) is 9.84 Å². The van der Waals surface area contributed by atoms with Crippen molar-refractivity contribution in [2.45, 2.75) is 37.7 Å². The Labute approximate surface area is 168 Å². The summed E-state index contributed by atoms with van der Waals surface area (Å²) in [5.41, 5.74) is 3.51. The van der Waals surface area contributed by atoms with E-state index >= 15 is 0 Å². The van der Waals surface area contributed by atoms with E-state index < -0.39 is 5.97 Å². The number of hydrogen-bond donors (Lipinski definition) is 1. The van der Waals surface area contributed by atoms with Gasteiger partial charge in [-0.15, -0.1) is 0 Å². The van der Waals surface area contributed by atoms with Crippen LogP contribution in [0.3, 0.4) is 0 Å². The van der Waals surface area contributed by atoms with Gasteiger partial charge in [0.15, 0.2) is 11.3 Å². The minimum absolute atomic E-state index is 0.0469. The first-order chi connectivity index (χ1) is 14.2. The number of benzene rings is 1. The number of aromatic carboxylic acids is 1. The molecule has 0 bridgehead atoms. The molecule has 1 aliphatic heterocycles. The maximum absolute atomic E-state index is 11.9. The molecule has 0 spiro atoms. The van der Waals surface area contributed by atoms with E-state index in [1.165, 1.54) is 6.42 Å². The van der Waals surface area contributed by atoms with Crippen LogP contribution >= 0.6 is 0 Å². The summed E-state index contributed by atoms with van der Waals surface area (Å²) in [6.45, 7) is 1.58. The normalized spacial score (nSPS) is 19.6. The van der Waals surface area contributed by atoms with Crippen molar-refractivity contribution in [3.63, 3.8) is 0 Å². The number of fused-ring (bicyclic) bond motifs is 1. The third kappa shape index (κ3) is 3.06. The maximum Gasteiger partial charge on any atom is 0.354 e. The van der Waals surface area contributed by atoms with Gasteiger partial charge in [-0.05, 0) is 37.5 Å². The molecule has 2 aliphatic rings. The minimum Gasteiger partial charge on any atom is -0.477 e. The average molecular weight is 392 g/mol. The van der Waals surface area contributed by atoms with Gasteiger partial charge in [0.1, 0.15) is 0 Å². The summed E-state index contributed by atoms with van der Waals surface area (Å²) in [5, 5.41) is 15.7. The summed E-state index contributed by atoms with van der Waals surface area (Å²) >= 11 is 0. The topological polar surface area (TPSA) is 80.5 Å². The highest BCUT2D eigenvalue weighted by Crippen LogP contribution is 2.43. The van der Waals surface area contributed by atoms with Crippen LogP contribution in [-0.4, -0.2) is 52.1 Å². The molecule has 5 rings (SSSR count). The van der Waals surface area contributed by atoms with Crippen molar-refractivity contribution in [1.29, 1.82) is 0 Å². The Balaban J connectivity index is 1.76. The number of nitrogens with zero attached hydrogens (tertiary/aromatic N) is 4. The van der Waals surface area contributed by atoms with Crippen LogP contribution in [0.1, 0.15) is 47.8 Å². The van der Waals surface area contributed by atoms with Gasteiger partial charge in [-0.25, -0.2) is 14.5 Å². The number of carboxylic acids is 1. The number of rotatable bonds is 5. The van der Waals surface area contributed by atoms with Crippen molar-refractivity contribution in [3.8, 4) is 5.69 Å². The van der Waals surface area contributed by atoms with Crippen LogP contribution < -0.4 is 4.90 Å². The first-order valence-electron chi connectivity index (χ1n) is 10.2. The molecule has 3 aromatic rings. The highest BCUT2D eigenvalue weighted by Gasteiger charge is 2.32. The number of ether oxygens (including phenoxy) is 1. The van der Waals surface area contributed by atoms with E-state index in [9.17, 15) is 9.90 Å². The Kier molecular flexibility index (Phi) is 4.47. The average Bonchev–Trinajstić information content (AvgIpc) is 3.32. The van der Waals surface area contributed by atoms with E-state index in [1.54, 1.807) is 13.2 Å². The van der Waals surface area contributed by atoms with Crippen molar-refractivity contribution in [2.75, 3.05) is 25.1 Å². The molecule has 0 unspecified atom stereocenters. The number of methoxy groups -OCH3 is 1. The van der Waals surface area contributed by atoms with E-state index in [-0.39, 0.29) is 11.8 Å². The molecule has 2 fully saturated rings.